The maximum Gasteiger partial charge on any atom is 0.251 e. The third-order valence-corrected chi connectivity index (χ3v) is 2.70. The molecule has 0 heterocycles. The topological polar surface area (TPSA) is 49.4 Å². The van der Waals surface area contributed by atoms with Crippen LogP contribution in [0.5, 0.6) is 0 Å². The monoisotopic (exact) mass is 270 g/mol. The van der Waals surface area contributed by atoms with Crippen LogP contribution in [0, 0.1) is 11.6 Å². The first-order valence-electron chi connectivity index (χ1n) is 6.00. The van der Waals surface area contributed by atoms with Crippen LogP contribution in [0.3, 0.4) is 0 Å². The van der Waals surface area contributed by atoms with Crippen LogP contribution in [0.25, 0.3) is 0 Å². The Morgan fingerprint density at radius 3 is 2.32 bits per heavy atom. The van der Waals surface area contributed by atoms with Crippen molar-refractivity contribution in [1.29, 1.82) is 0 Å². The maximum absolute atomic E-state index is 12.9. The molecule has 0 aliphatic heterocycles. The lowest BCUT2D eigenvalue weighted by molar-refractivity contribution is -0.129. The fraction of sp³-hybridized carbons (Fsp3) is 0.385. The molecular weight excluding hydrogens is 254 g/mol. The summed E-state index contributed by atoms with van der Waals surface area (Å²) in [5.74, 6) is -2.95. The minimum atomic E-state index is -1.09. The van der Waals surface area contributed by atoms with Crippen LogP contribution < -0.4 is 5.32 Å². The molecule has 0 unspecified atom stereocenters. The van der Waals surface area contributed by atoms with Gasteiger partial charge in [0.2, 0.25) is 5.91 Å². The van der Waals surface area contributed by atoms with Gasteiger partial charge in [-0.05, 0) is 32.0 Å². The van der Waals surface area contributed by atoms with Crippen LogP contribution in [0.1, 0.15) is 24.2 Å². The highest BCUT2D eigenvalue weighted by molar-refractivity contribution is 5.96. The summed E-state index contributed by atoms with van der Waals surface area (Å²) in [6.07, 6.45) is 0. The van der Waals surface area contributed by atoms with Crippen molar-refractivity contribution in [2.75, 3.05) is 19.6 Å². The smallest absolute Gasteiger partial charge is 0.251 e. The number of hydrogen-bond acceptors (Lipinski definition) is 2. The quantitative estimate of drug-likeness (QED) is 0.882. The molecule has 104 valence electrons. The van der Waals surface area contributed by atoms with E-state index in [1.165, 1.54) is 0 Å². The number of likely N-dealkylation sites (N-methyl/N-ethyl adjacent to an activating group) is 1. The van der Waals surface area contributed by atoms with Crippen LogP contribution in [0.4, 0.5) is 8.78 Å². The summed E-state index contributed by atoms with van der Waals surface area (Å²) in [7, 11) is 0. The summed E-state index contributed by atoms with van der Waals surface area (Å²) in [6, 6.07) is 2.83. The Balaban J connectivity index is 2.60. The Hall–Kier alpha value is -1.98. The molecule has 19 heavy (non-hydrogen) atoms. The zero-order chi connectivity index (χ0) is 14.4. The number of nitrogens with zero attached hydrogens (tertiary/aromatic N) is 1. The minimum absolute atomic E-state index is 0.0220. The van der Waals surface area contributed by atoms with Crippen molar-refractivity contribution >= 4 is 11.8 Å². The third-order valence-electron chi connectivity index (χ3n) is 2.70. The first-order chi connectivity index (χ1) is 8.99. The van der Waals surface area contributed by atoms with Gasteiger partial charge < -0.3 is 10.2 Å². The van der Waals surface area contributed by atoms with Gasteiger partial charge in [0.15, 0.2) is 11.6 Å². The first-order valence-corrected chi connectivity index (χ1v) is 6.00. The van der Waals surface area contributed by atoms with Gasteiger partial charge in [0.1, 0.15) is 0 Å². The van der Waals surface area contributed by atoms with E-state index >= 15 is 0 Å². The van der Waals surface area contributed by atoms with Crippen molar-refractivity contribution in [3.63, 3.8) is 0 Å². The Labute approximate surface area is 110 Å². The number of rotatable bonds is 5. The van der Waals surface area contributed by atoms with Crippen molar-refractivity contribution < 1.29 is 18.4 Å². The second-order valence-corrected chi connectivity index (χ2v) is 3.88. The molecular formula is C13H16F2N2O2. The molecule has 0 bridgehead atoms. The maximum atomic E-state index is 12.9. The molecule has 0 spiro atoms. The van der Waals surface area contributed by atoms with Gasteiger partial charge in [0, 0.05) is 18.7 Å². The van der Waals surface area contributed by atoms with E-state index in [9.17, 15) is 18.4 Å². The van der Waals surface area contributed by atoms with E-state index in [4.69, 9.17) is 0 Å². The molecule has 0 saturated carbocycles. The molecule has 1 rings (SSSR count). The Morgan fingerprint density at radius 1 is 1.16 bits per heavy atom. The summed E-state index contributed by atoms with van der Waals surface area (Å²) in [5, 5.41) is 2.38. The van der Waals surface area contributed by atoms with Crippen LogP contribution in [-0.4, -0.2) is 36.3 Å². The molecule has 1 aromatic carbocycles. The fourth-order valence-electron chi connectivity index (χ4n) is 1.58. The van der Waals surface area contributed by atoms with Gasteiger partial charge in [0.25, 0.3) is 5.91 Å². The predicted octanol–water partition coefficient (Wildman–Crippen LogP) is 1.56. The van der Waals surface area contributed by atoms with Crippen LogP contribution in [0.2, 0.25) is 0 Å². The average Bonchev–Trinajstić information content (AvgIpc) is 2.40. The number of hydrogen-bond donors (Lipinski definition) is 1. The van der Waals surface area contributed by atoms with E-state index < -0.39 is 17.5 Å². The summed E-state index contributed by atoms with van der Waals surface area (Å²) >= 11 is 0. The summed E-state index contributed by atoms with van der Waals surface area (Å²) in [4.78, 5) is 24.8. The van der Waals surface area contributed by atoms with E-state index in [2.05, 4.69) is 5.32 Å². The van der Waals surface area contributed by atoms with Gasteiger partial charge in [-0.15, -0.1) is 0 Å². The zero-order valence-electron chi connectivity index (χ0n) is 10.9. The molecule has 0 aliphatic carbocycles. The summed E-state index contributed by atoms with van der Waals surface area (Å²) < 4.78 is 25.7. The molecule has 2 amide bonds. The largest absolute Gasteiger partial charge is 0.343 e. The molecule has 0 aliphatic rings. The number of halogens is 2. The lowest BCUT2D eigenvalue weighted by Gasteiger charge is -2.18. The highest BCUT2D eigenvalue weighted by Crippen LogP contribution is 2.08. The number of carbonyl (C=O) groups is 2. The number of amides is 2. The number of carbonyl (C=O) groups excluding carboxylic acids is 2. The Morgan fingerprint density at radius 2 is 1.79 bits per heavy atom. The van der Waals surface area contributed by atoms with E-state index in [0.717, 1.165) is 18.2 Å². The molecule has 0 atom stereocenters. The van der Waals surface area contributed by atoms with Gasteiger partial charge in [-0.25, -0.2) is 8.78 Å². The molecule has 0 aromatic heterocycles. The van der Waals surface area contributed by atoms with E-state index in [0.29, 0.717) is 13.1 Å². The van der Waals surface area contributed by atoms with Crippen LogP contribution in [-0.2, 0) is 4.79 Å². The normalized spacial score (nSPS) is 10.1. The molecule has 0 radical (unpaired) electrons. The highest BCUT2D eigenvalue weighted by Gasteiger charge is 2.13. The highest BCUT2D eigenvalue weighted by atomic mass is 19.2. The average molecular weight is 270 g/mol. The molecule has 0 fully saturated rings. The van der Waals surface area contributed by atoms with Crippen molar-refractivity contribution in [2.45, 2.75) is 13.8 Å². The predicted molar refractivity (Wildman–Crippen MR) is 66.6 cm³/mol. The van der Waals surface area contributed by atoms with E-state index in [1.54, 1.807) is 4.90 Å². The van der Waals surface area contributed by atoms with Gasteiger partial charge >= 0.3 is 0 Å². The second kappa shape index (κ2) is 6.82. The Kier molecular flexibility index (Phi) is 5.41. The number of benzene rings is 1. The van der Waals surface area contributed by atoms with Gasteiger partial charge in [-0.2, -0.15) is 0 Å². The van der Waals surface area contributed by atoms with E-state index in [1.807, 2.05) is 13.8 Å². The molecule has 4 nitrogen and oxygen atoms in total. The molecule has 0 saturated heterocycles. The van der Waals surface area contributed by atoms with Crippen LogP contribution in [0.15, 0.2) is 18.2 Å². The van der Waals surface area contributed by atoms with Crippen LogP contribution >= 0.6 is 0 Å². The standard InChI is InChI=1S/C13H16F2N2O2/c1-3-17(4-2)12(18)8-16-13(19)9-5-6-10(14)11(15)7-9/h5-7H,3-4,8H2,1-2H3,(H,16,19). The molecule has 1 N–H and O–H groups in total. The summed E-state index contributed by atoms with van der Waals surface area (Å²) in [5.41, 5.74) is -0.0220. The lowest BCUT2D eigenvalue weighted by Crippen LogP contribution is -2.40. The second-order valence-electron chi connectivity index (χ2n) is 3.88. The lowest BCUT2D eigenvalue weighted by atomic mass is 10.2. The van der Waals surface area contributed by atoms with Crippen molar-refractivity contribution in [1.82, 2.24) is 10.2 Å². The van der Waals surface area contributed by atoms with Gasteiger partial charge in [0.05, 0.1) is 6.54 Å². The van der Waals surface area contributed by atoms with Gasteiger partial charge in [-0.3, -0.25) is 9.59 Å². The molecule has 1 aromatic rings. The van der Waals surface area contributed by atoms with E-state index in [-0.39, 0.29) is 18.0 Å². The van der Waals surface area contributed by atoms with Gasteiger partial charge in [-0.1, -0.05) is 0 Å². The molecule has 6 heteroatoms. The number of nitrogens with one attached hydrogen (secondary N) is 1. The minimum Gasteiger partial charge on any atom is -0.343 e. The first kappa shape index (κ1) is 15.1. The fourth-order valence-corrected chi connectivity index (χ4v) is 1.58. The van der Waals surface area contributed by atoms with Crippen molar-refractivity contribution in [3.05, 3.63) is 35.4 Å². The SMILES string of the molecule is CCN(CC)C(=O)CNC(=O)c1ccc(F)c(F)c1. The zero-order valence-corrected chi connectivity index (χ0v) is 10.9. The third kappa shape index (κ3) is 4.01. The summed E-state index contributed by atoms with van der Waals surface area (Å²) in [6.45, 7) is 4.60. The Bertz CT molecular complexity index is 474. The van der Waals surface area contributed by atoms with Crippen molar-refractivity contribution in [3.8, 4) is 0 Å². The van der Waals surface area contributed by atoms with Crippen molar-refractivity contribution in [2.24, 2.45) is 0 Å².